The molecule has 186 valence electrons. The van der Waals surface area contributed by atoms with E-state index in [9.17, 15) is 9.18 Å². The first-order chi connectivity index (χ1) is 17.1. The molecule has 2 fully saturated rings. The first kappa shape index (κ1) is 23.8. The van der Waals surface area contributed by atoms with Crippen LogP contribution in [0.2, 0.25) is 0 Å². The molecule has 0 unspecified atom stereocenters. The Hall–Kier alpha value is -2.93. The number of anilines is 1. The number of hydrogen-bond acceptors (Lipinski definition) is 4. The van der Waals surface area contributed by atoms with Crippen LogP contribution in [0, 0.1) is 11.7 Å². The van der Waals surface area contributed by atoms with Crippen molar-refractivity contribution in [2.24, 2.45) is 5.92 Å². The number of nitrogens with zero attached hydrogens (tertiary/aromatic N) is 4. The summed E-state index contributed by atoms with van der Waals surface area (Å²) in [6.45, 7) is 7.23. The van der Waals surface area contributed by atoms with E-state index in [1.165, 1.54) is 25.3 Å². The van der Waals surface area contributed by atoms with Crippen LogP contribution < -0.4 is 10.2 Å². The van der Waals surface area contributed by atoms with E-state index < -0.39 is 0 Å². The minimum absolute atomic E-state index is 0.0473. The fraction of sp³-hybridized carbons (Fsp3) is 0.500. The minimum Gasteiger partial charge on any atom is -0.355 e. The Bertz CT molecular complexity index is 1150. The molecule has 7 heteroatoms. The third-order valence-corrected chi connectivity index (χ3v) is 7.65. The Morgan fingerprint density at radius 2 is 1.89 bits per heavy atom. The third kappa shape index (κ3) is 5.50. The number of rotatable bonds is 7. The summed E-state index contributed by atoms with van der Waals surface area (Å²) in [5.41, 5.74) is 2.89. The number of fused-ring (bicyclic) bond motifs is 1. The average Bonchev–Trinajstić information content (AvgIpc) is 3.23. The Labute approximate surface area is 207 Å². The number of halogens is 1. The van der Waals surface area contributed by atoms with Gasteiger partial charge in [-0.15, -0.1) is 0 Å². The maximum atomic E-state index is 13.8. The van der Waals surface area contributed by atoms with Crippen molar-refractivity contribution in [1.82, 2.24) is 19.8 Å². The van der Waals surface area contributed by atoms with Crippen LogP contribution in [0.25, 0.3) is 11.0 Å². The maximum Gasteiger partial charge on any atom is 0.223 e. The Balaban J connectivity index is 1.21. The van der Waals surface area contributed by atoms with Gasteiger partial charge in [-0.1, -0.05) is 30.7 Å². The van der Waals surface area contributed by atoms with Crippen LogP contribution in [0.15, 0.2) is 48.5 Å². The Morgan fingerprint density at radius 1 is 1.06 bits per heavy atom. The van der Waals surface area contributed by atoms with Crippen LogP contribution in [-0.2, 0) is 11.3 Å². The number of piperidine rings is 2. The summed E-state index contributed by atoms with van der Waals surface area (Å²) in [6.07, 6.45) is 5.47. The van der Waals surface area contributed by atoms with E-state index in [4.69, 9.17) is 4.98 Å². The van der Waals surface area contributed by atoms with Gasteiger partial charge in [-0.25, -0.2) is 9.37 Å². The lowest BCUT2D eigenvalue weighted by molar-refractivity contribution is -0.125. The average molecular weight is 478 g/mol. The highest BCUT2D eigenvalue weighted by Crippen LogP contribution is 2.28. The molecule has 35 heavy (non-hydrogen) atoms. The number of aromatic nitrogens is 2. The van der Waals surface area contributed by atoms with Gasteiger partial charge in [0, 0.05) is 38.1 Å². The lowest BCUT2D eigenvalue weighted by Gasteiger charge is -2.34. The van der Waals surface area contributed by atoms with Crippen LogP contribution in [0.1, 0.15) is 44.6 Å². The fourth-order valence-corrected chi connectivity index (χ4v) is 5.58. The van der Waals surface area contributed by atoms with E-state index in [2.05, 4.69) is 32.7 Å². The molecule has 2 aliphatic heterocycles. The lowest BCUT2D eigenvalue weighted by atomic mass is 9.96. The Kier molecular flexibility index (Phi) is 7.32. The number of para-hydroxylation sites is 2. The summed E-state index contributed by atoms with van der Waals surface area (Å²) in [5.74, 6) is 0.900. The van der Waals surface area contributed by atoms with Crippen molar-refractivity contribution in [1.29, 1.82) is 0 Å². The van der Waals surface area contributed by atoms with Crippen LogP contribution in [0.5, 0.6) is 0 Å². The maximum absolute atomic E-state index is 13.8. The van der Waals surface area contributed by atoms with E-state index in [0.717, 1.165) is 68.1 Å². The predicted molar refractivity (Wildman–Crippen MR) is 138 cm³/mol. The number of imidazole rings is 1. The van der Waals surface area contributed by atoms with Crippen LogP contribution in [0.4, 0.5) is 10.3 Å². The van der Waals surface area contributed by atoms with E-state index in [0.29, 0.717) is 12.6 Å². The molecular formula is C28H36FN5O. The molecule has 0 spiro atoms. The summed E-state index contributed by atoms with van der Waals surface area (Å²) >= 11 is 0. The molecule has 3 aromatic rings. The van der Waals surface area contributed by atoms with E-state index in [1.807, 2.05) is 24.3 Å². The molecule has 2 aromatic carbocycles. The van der Waals surface area contributed by atoms with Crippen LogP contribution in [-0.4, -0.2) is 59.1 Å². The summed E-state index contributed by atoms with van der Waals surface area (Å²) in [5, 5.41) is 3.19. The molecule has 1 N–H and O–H groups in total. The number of likely N-dealkylation sites (tertiary alicyclic amines) is 1. The van der Waals surface area contributed by atoms with Crippen molar-refractivity contribution in [3.63, 3.8) is 0 Å². The second kappa shape index (κ2) is 10.8. The van der Waals surface area contributed by atoms with Crippen LogP contribution >= 0.6 is 0 Å². The smallest absolute Gasteiger partial charge is 0.223 e. The second-order valence-corrected chi connectivity index (χ2v) is 10.0. The third-order valence-electron chi connectivity index (χ3n) is 7.65. The molecule has 6 nitrogen and oxygen atoms in total. The number of amides is 1. The molecule has 1 amide bonds. The first-order valence-electron chi connectivity index (χ1n) is 13.0. The van der Waals surface area contributed by atoms with Gasteiger partial charge in [0.2, 0.25) is 11.9 Å². The van der Waals surface area contributed by atoms with Crippen molar-refractivity contribution < 1.29 is 9.18 Å². The van der Waals surface area contributed by atoms with Crippen molar-refractivity contribution in [2.75, 3.05) is 37.6 Å². The number of carbonyl (C=O) groups is 1. The molecule has 1 aromatic heterocycles. The van der Waals surface area contributed by atoms with Gasteiger partial charge in [0.15, 0.2) is 0 Å². The fourth-order valence-electron chi connectivity index (χ4n) is 5.58. The zero-order chi connectivity index (χ0) is 24.2. The Morgan fingerprint density at radius 3 is 2.69 bits per heavy atom. The standard InChI is InChI=1S/C28H36FN5O/c1-21-7-4-5-15-32(21)18-14-30-27(35)23-12-16-33(17-13-23)28-31-25-10-2-3-11-26(25)34(28)20-22-8-6-9-24(29)19-22/h2-3,6,8-11,19,21,23H,4-5,7,12-18,20H2,1H3,(H,30,35)/t21-/m0/s1. The van der Waals surface area contributed by atoms with Gasteiger partial charge in [0.1, 0.15) is 5.82 Å². The van der Waals surface area contributed by atoms with Gasteiger partial charge >= 0.3 is 0 Å². The summed E-state index contributed by atoms with van der Waals surface area (Å²) in [4.78, 5) is 22.5. The molecule has 0 bridgehead atoms. The topological polar surface area (TPSA) is 53.4 Å². The van der Waals surface area contributed by atoms with Crippen molar-refractivity contribution in [3.05, 3.63) is 59.9 Å². The monoisotopic (exact) mass is 477 g/mol. The highest BCUT2D eigenvalue weighted by Gasteiger charge is 2.28. The number of carbonyl (C=O) groups excluding carboxylic acids is 1. The largest absolute Gasteiger partial charge is 0.355 e. The van der Waals surface area contributed by atoms with Crippen molar-refractivity contribution in [2.45, 2.75) is 51.6 Å². The number of benzene rings is 2. The zero-order valence-corrected chi connectivity index (χ0v) is 20.6. The van der Waals surface area contributed by atoms with E-state index >= 15 is 0 Å². The lowest BCUT2D eigenvalue weighted by Crippen LogP contribution is -2.45. The summed E-state index contributed by atoms with van der Waals surface area (Å²) in [6, 6.07) is 15.5. The molecule has 0 aliphatic carbocycles. The molecule has 5 rings (SSSR count). The molecule has 3 heterocycles. The van der Waals surface area contributed by atoms with Gasteiger partial charge in [0.25, 0.3) is 0 Å². The number of hydrogen-bond donors (Lipinski definition) is 1. The highest BCUT2D eigenvalue weighted by molar-refractivity contribution is 5.80. The van der Waals surface area contributed by atoms with Gasteiger partial charge in [0.05, 0.1) is 17.6 Å². The van der Waals surface area contributed by atoms with Crippen molar-refractivity contribution >= 4 is 22.9 Å². The molecule has 2 aliphatic rings. The molecule has 2 saturated heterocycles. The van der Waals surface area contributed by atoms with Gasteiger partial charge in [-0.2, -0.15) is 0 Å². The van der Waals surface area contributed by atoms with Gasteiger partial charge in [-0.05, 0) is 69.0 Å². The quantitative estimate of drug-likeness (QED) is 0.547. The SMILES string of the molecule is C[C@H]1CCCCN1CCNC(=O)C1CCN(c2nc3ccccc3n2Cc2cccc(F)c2)CC1. The molecular weight excluding hydrogens is 441 g/mol. The molecule has 0 saturated carbocycles. The minimum atomic E-state index is -0.227. The highest BCUT2D eigenvalue weighted by atomic mass is 19.1. The second-order valence-electron chi connectivity index (χ2n) is 10.0. The van der Waals surface area contributed by atoms with Crippen molar-refractivity contribution in [3.8, 4) is 0 Å². The van der Waals surface area contributed by atoms with Gasteiger partial charge in [-0.3, -0.25) is 9.69 Å². The van der Waals surface area contributed by atoms with Crippen LogP contribution in [0.3, 0.4) is 0 Å². The predicted octanol–water partition coefficient (Wildman–Crippen LogP) is 4.43. The summed E-state index contributed by atoms with van der Waals surface area (Å²) in [7, 11) is 0. The summed E-state index contributed by atoms with van der Waals surface area (Å²) < 4.78 is 16.0. The first-order valence-corrected chi connectivity index (χ1v) is 13.0. The van der Waals surface area contributed by atoms with E-state index in [1.54, 1.807) is 12.1 Å². The zero-order valence-electron chi connectivity index (χ0n) is 20.6. The number of nitrogens with one attached hydrogen (secondary N) is 1. The normalized spacial score (nSPS) is 19.8. The van der Waals surface area contributed by atoms with E-state index in [-0.39, 0.29) is 17.6 Å². The van der Waals surface area contributed by atoms with Gasteiger partial charge < -0.3 is 14.8 Å². The molecule has 1 atom stereocenters. The molecule has 0 radical (unpaired) electrons.